The van der Waals surface area contributed by atoms with Gasteiger partial charge in [0.05, 0.1) is 11.3 Å². The Hall–Kier alpha value is -3.87. The zero-order valence-electron chi connectivity index (χ0n) is 14.7. The number of carbonyl (C=O) groups excluding carboxylic acids is 1. The molecule has 0 aliphatic heterocycles. The van der Waals surface area contributed by atoms with E-state index in [1.54, 1.807) is 24.4 Å². The van der Waals surface area contributed by atoms with Gasteiger partial charge in [-0.2, -0.15) is 4.39 Å². The summed E-state index contributed by atoms with van der Waals surface area (Å²) in [5.74, 6) is -0.0935. The summed E-state index contributed by atoms with van der Waals surface area (Å²) < 4.78 is 18.6. The SMILES string of the molecule is Nc1ncccc1-c1cc(Cc2ccc(C(=O)c3cccc(F)n3)cc2)no1. The number of benzene rings is 1. The molecule has 1 aromatic carbocycles. The number of carbonyl (C=O) groups is 1. The average Bonchev–Trinajstić information content (AvgIpc) is 3.16. The summed E-state index contributed by atoms with van der Waals surface area (Å²) in [6.07, 6.45) is 2.13. The Labute approximate surface area is 159 Å². The van der Waals surface area contributed by atoms with Crippen molar-refractivity contribution in [3.8, 4) is 11.3 Å². The van der Waals surface area contributed by atoms with Crippen LogP contribution in [0.2, 0.25) is 0 Å². The quantitative estimate of drug-likeness (QED) is 0.423. The fraction of sp³-hybridized carbons (Fsp3) is 0.0476. The van der Waals surface area contributed by atoms with E-state index < -0.39 is 5.95 Å². The van der Waals surface area contributed by atoms with Gasteiger partial charge in [-0.15, -0.1) is 0 Å². The molecule has 138 valence electrons. The van der Waals surface area contributed by atoms with Gasteiger partial charge in [-0.05, 0) is 29.8 Å². The Bertz CT molecular complexity index is 1140. The standard InChI is InChI=1S/C21H15FN4O2/c22-19-5-1-4-17(25-19)20(27)14-8-6-13(7-9-14)11-15-12-18(28-26-15)16-3-2-10-24-21(16)23/h1-10,12H,11H2,(H2,23,24). The molecule has 0 aliphatic carbocycles. The van der Waals surface area contributed by atoms with Crippen LogP contribution in [0.5, 0.6) is 0 Å². The van der Waals surface area contributed by atoms with Gasteiger partial charge in [0.25, 0.3) is 0 Å². The molecule has 0 bridgehead atoms. The third kappa shape index (κ3) is 3.64. The fourth-order valence-electron chi connectivity index (χ4n) is 2.81. The van der Waals surface area contributed by atoms with Crippen molar-refractivity contribution in [2.24, 2.45) is 0 Å². The second kappa shape index (κ2) is 7.40. The molecule has 4 rings (SSSR count). The number of hydrogen-bond donors (Lipinski definition) is 1. The second-order valence-electron chi connectivity index (χ2n) is 6.17. The highest BCUT2D eigenvalue weighted by Gasteiger charge is 2.13. The van der Waals surface area contributed by atoms with Crippen LogP contribution in [0.3, 0.4) is 0 Å². The van der Waals surface area contributed by atoms with Crippen molar-refractivity contribution in [3.05, 3.63) is 95.3 Å². The van der Waals surface area contributed by atoms with Crippen LogP contribution in [-0.4, -0.2) is 20.9 Å². The lowest BCUT2D eigenvalue weighted by atomic mass is 10.0. The maximum Gasteiger partial charge on any atom is 0.213 e. The average molecular weight is 374 g/mol. The molecule has 2 N–H and O–H groups in total. The summed E-state index contributed by atoms with van der Waals surface area (Å²) in [5, 5.41) is 4.07. The normalized spacial score (nSPS) is 10.8. The molecule has 3 heterocycles. The molecule has 4 aromatic rings. The number of nitrogens with zero attached hydrogens (tertiary/aromatic N) is 3. The predicted molar refractivity (Wildman–Crippen MR) is 101 cm³/mol. The fourth-order valence-corrected chi connectivity index (χ4v) is 2.81. The molecule has 0 unspecified atom stereocenters. The number of nitrogen functional groups attached to an aromatic ring is 1. The largest absolute Gasteiger partial charge is 0.383 e. The Kier molecular flexibility index (Phi) is 4.63. The molecule has 0 radical (unpaired) electrons. The Morgan fingerprint density at radius 3 is 2.64 bits per heavy atom. The van der Waals surface area contributed by atoms with Crippen molar-refractivity contribution >= 4 is 11.6 Å². The van der Waals surface area contributed by atoms with Crippen LogP contribution < -0.4 is 5.73 Å². The third-order valence-electron chi connectivity index (χ3n) is 4.21. The predicted octanol–water partition coefficient (Wildman–Crippen LogP) is 3.67. The Morgan fingerprint density at radius 2 is 1.89 bits per heavy atom. The molecule has 0 saturated carbocycles. The van der Waals surface area contributed by atoms with Crippen molar-refractivity contribution < 1.29 is 13.7 Å². The number of hydrogen-bond acceptors (Lipinski definition) is 6. The summed E-state index contributed by atoms with van der Waals surface area (Å²) in [4.78, 5) is 20.0. The number of rotatable bonds is 5. The molecule has 7 heteroatoms. The molecule has 0 spiro atoms. The van der Waals surface area contributed by atoms with Gasteiger partial charge in [0.15, 0.2) is 5.76 Å². The minimum Gasteiger partial charge on any atom is -0.383 e. The van der Waals surface area contributed by atoms with E-state index in [0.717, 1.165) is 11.3 Å². The molecular weight excluding hydrogens is 359 g/mol. The second-order valence-corrected chi connectivity index (χ2v) is 6.17. The summed E-state index contributed by atoms with van der Waals surface area (Å²) in [6, 6.07) is 16.5. The van der Waals surface area contributed by atoms with E-state index in [1.165, 1.54) is 18.2 Å². The van der Waals surface area contributed by atoms with E-state index in [1.807, 2.05) is 24.3 Å². The van der Waals surface area contributed by atoms with Gasteiger partial charge in [-0.3, -0.25) is 4.79 Å². The molecule has 0 amide bonds. The zero-order valence-corrected chi connectivity index (χ0v) is 14.7. The lowest BCUT2D eigenvalue weighted by Crippen LogP contribution is -2.05. The minimum atomic E-state index is -0.682. The number of ketones is 1. The first kappa shape index (κ1) is 17.5. The first-order valence-corrected chi connectivity index (χ1v) is 8.53. The van der Waals surface area contributed by atoms with Crippen molar-refractivity contribution in [2.45, 2.75) is 6.42 Å². The molecular formula is C21H15FN4O2. The lowest BCUT2D eigenvalue weighted by Gasteiger charge is -2.02. The highest BCUT2D eigenvalue weighted by molar-refractivity contribution is 6.07. The number of anilines is 1. The van der Waals surface area contributed by atoms with E-state index >= 15 is 0 Å². The number of nitrogens with two attached hydrogens (primary N) is 1. The zero-order chi connectivity index (χ0) is 19.5. The van der Waals surface area contributed by atoms with Crippen LogP contribution in [0.15, 0.2) is 71.4 Å². The summed E-state index contributed by atoms with van der Waals surface area (Å²) >= 11 is 0. The molecule has 3 aromatic heterocycles. The van der Waals surface area contributed by atoms with Crippen LogP contribution >= 0.6 is 0 Å². The van der Waals surface area contributed by atoms with Crippen molar-refractivity contribution in [3.63, 3.8) is 0 Å². The van der Waals surface area contributed by atoms with E-state index in [4.69, 9.17) is 10.3 Å². The van der Waals surface area contributed by atoms with Gasteiger partial charge in [0.2, 0.25) is 11.7 Å². The van der Waals surface area contributed by atoms with Crippen LogP contribution in [0.4, 0.5) is 10.2 Å². The Morgan fingerprint density at radius 1 is 1.07 bits per heavy atom. The van der Waals surface area contributed by atoms with Crippen LogP contribution in [-0.2, 0) is 6.42 Å². The third-order valence-corrected chi connectivity index (χ3v) is 4.21. The maximum absolute atomic E-state index is 13.2. The van der Waals surface area contributed by atoms with Crippen LogP contribution in [0, 0.1) is 5.95 Å². The molecule has 6 nitrogen and oxygen atoms in total. The van der Waals surface area contributed by atoms with E-state index in [-0.39, 0.29) is 11.5 Å². The summed E-state index contributed by atoms with van der Waals surface area (Å²) in [5.41, 5.74) is 8.72. The smallest absolute Gasteiger partial charge is 0.213 e. The van der Waals surface area contributed by atoms with E-state index in [0.29, 0.717) is 29.1 Å². The van der Waals surface area contributed by atoms with Crippen molar-refractivity contribution in [1.82, 2.24) is 15.1 Å². The van der Waals surface area contributed by atoms with Gasteiger partial charge in [0, 0.05) is 24.2 Å². The lowest BCUT2D eigenvalue weighted by molar-refractivity contribution is 0.103. The van der Waals surface area contributed by atoms with Gasteiger partial charge >= 0.3 is 0 Å². The Balaban J connectivity index is 1.50. The van der Waals surface area contributed by atoms with Crippen molar-refractivity contribution in [1.29, 1.82) is 0 Å². The number of halogens is 1. The van der Waals surface area contributed by atoms with E-state index in [2.05, 4.69) is 15.1 Å². The van der Waals surface area contributed by atoms with Crippen molar-refractivity contribution in [2.75, 3.05) is 5.73 Å². The van der Waals surface area contributed by atoms with Gasteiger partial charge in [0.1, 0.15) is 11.5 Å². The number of pyridine rings is 2. The maximum atomic E-state index is 13.2. The first-order chi connectivity index (χ1) is 13.6. The highest BCUT2D eigenvalue weighted by Crippen LogP contribution is 2.25. The highest BCUT2D eigenvalue weighted by atomic mass is 19.1. The minimum absolute atomic E-state index is 0.0722. The molecule has 0 saturated heterocycles. The molecule has 0 atom stereocenters. The monoisotopic (exact) mass is 374 g/mol. The topological polar surface area (TPSA) is 94.9 Å². The van der Waals surface area contributed by atoms with Crippen LogP contribution in [0.1, 0.15) is 27.3 Å². The first-order valence-electron chi connectivity index (χ1n) is 8.53. The molecule has 0 fully saturated rings. The van der Waals surface area contributed by atoms with Crippen LogP contribution in [0.25, 0.3) is 11.3 Å². The van der Waals surface area contributed by atoms with Gasteiger partial charge in [-0.25, -0.2) is 9.97 Å². The van der Waals surface area contributed by atoms with Gasteiger partial charge < -0.3 is 10.3 Å². The molecule has 28 heavy (non-hydrogen) atoms. The summed E-state index contributed by atoms with van der Waals surface area (Å²) in [7, 11) is 0. The van der Waals surface area contributed by atoms with Gasteiger partial charge in [-0.1, -0.05) is 35.5 Å². The van der Waals surface area contributed by atoms with E-state index in [9.17, 15) is 9.18 Å². The molecule has 0 aliphatic rings. The summed E-state index contributed by atoms with van der Waals surface area (Å²) in [6.45, 7) is 0. The number of aromatic nitrogens is 3.